The van der Waals surface area contributed by atoms with Gasteiger partial charge in [-0.25, -0.2) is 0 Å². The van der Waals surface area contributed by atoms with E-state index < -0.39 is 0 Å². The lowest BCUT2D eigenvalue weighted by Crippen LogP contribution is -2.29. The van der Waals surface area contributed by atoms with E-state index in [-0.39, 0.29) is 0 Å². The van der Waals surface area contributed by atoms with Gasteiger partial charge in [0.2, 0.25) is 0 Å². The lowest BCUT2D eigenvalue weighted by atomic mass is 10.1. The molecule has 2 nitrogen and oxygen atoms in total. The van der Waals surface area contributed by atoms with Gasteiger partial charge in [0, 0.05) is 16.7 Å². The number of rotatable bonds is 5. The summed E-state index contributed by atoms with van der Waals surface area (Å²) in [7, 11) is 0. The molecule has 0 aliphatic carbocycles. The van der Waals surface area contributed by atoms with Crippen molar-refractivity contribution >= 4 is 38.9 Å². The molecule has 0 fully saturated rings. The molecule has 0 saturated heterocycles. The Labute approximate surface area is 140 Å². The zero-order valence-electron chi connectivity index (χ0n) is 12.0. The largest absolute Gasteiger partial charge is 0.362 e. The summed E-state index contributed by atoms with van der Waals surface area (Å²) >= 11 is 8.74. The van der Waals surface area contributed by atoms with Gasteiger partial charge in [-0.3, -0.25) is 0 Å². The molecule has 4 heteroatoms. The van der Waals surface area contributed by atoms with Crippen LogP contribution in [0.1, 0.15) is 17.5 Å². The minimum Gasteiger partial charge on any atom is -0.362 e. The Morgan fingerprint density at radius 2 is 1.95 bits per heavy atom. The molecule has 110 valence electrons. The second-order valence-corrected chi connectivity index (χ2v) is 6.31. The Bertz CT molecular complexity index is 613. The van der Waals surface area contributed by atoms with E-state index >= 15 is 0 Å². The number of benzene rings is 2. The van der Waals surface area contributed by atoms with Crippen LogP contribution in [0, 0.1) is 6.92 Å². The molecule has 0 aliphatic rings. The van der Waals surface area contributed by atoms with Gasteiger partial charge in [0.1, 0.15) is 0 Å². The Morgan fingerprint density at radius 1 is 1.14 bits per heavy atom. The molecule has 0 bridgehead atoms. The molecule has 0 unspecified atom stereocenters. The summed E-state index contributed by atoms with van der Waals surface area (Å²) < 4.78 is 1.04. The van der Waals surface area contributed by atoms with Crippen molar-refractivity contribution < 1.29 is 0 Å². The number of nitrogens with one attached hydrogen (secondary N) is 2. The van der Waals surface area contributed by atoms with Crippen LogP contribution in [0.4, 0.5) is 5.69 Å². The van der Waals surface area contributed by atoms with Crippen LogP contribution in [0.15, 0.2) is 53.0 Å². The molecule has 2 aromatic rings. The van der Waals surface area contributed by atoms with Crippen LogP contribution in [0.2, 0.25) is 0 Å². The molecular weight excluding hydrogens is 344 g/mol. The van der Waals surface area contributed by atoms with Crippen LogP contribution in [0.3, 0.4) is 0 Å². The van der Waals surface area contributed by atoms with Crippen molar-refractivity contribution in [2.45, 2.75) is 19.8 Å². The number of hydrogen-bond donors (Lipinski definition) is 2. The fourth-order valence-electron chi connectivity index (χ4n) is 2.10. The van der Waals surface area contributed by atoms with Gasteiger partial charge in [-0.15, -0.1) is 0 Å². The van der Waals surface area contributed by atoms with E-state index in [1.54, 1.807) is 0 Å². The summed E-state index contributed by atoms with van der Waals surface area (Å²) in [5, 5.41) is 7.09. The summed E-state index contributed by atoms with van der Waals surface area (Å²) in [4.78, 5) is 0. The van der Waals surface area contributed by atoms with Crippen molar-refractivity contribution in [2.24, 2.45) is 0 Å². The van der Waals surface area contributed by atoms with Crippen molar-refractivity contribution in [1.29, 1.82) is 0 Å². The van der Waals surface area contributed by atoms with E-state index in [2.05, 4.69) is 57.8 Å². The third-order valence-corrected chi connectivity index (χ3v) is 3.83. The summed E-state index contributed by atoms with van der Waals surface area (Å²) in [6.07, 6.45) is 2.12. The van der Waals surface area contributed by atoms with Gasteiger partial charge < -0.3 is 10.6 Å². The smallest absolute Gasteiger partial charge is 0.170 e. The van der Waals surface area contributed by atoms with E-state index in [1.807, 2.05) is 24.3 Å². The first-order valence-electron chi connectivity index (χ1n) is 6.99. The van der Waals surface area contributed by atoms with Gasteiger partial charge >= 0.3 is 0 Å². The van der Waals surface area contributed by atoms with Crippen molar-refractivity contribution in [3.05, 3.63) is 64.1 Å². The first-order chi connectivity index (χ1) is 10.1. The lowest BCUT2D eigenvalue weighted by Gasteiger charge is -2.10. The zero-order chi connectivity index (χ0) is 15.1. The van der Waals surface area contributed by atoms with Crippen LogP contribution in [0.5, 0.6) is 0 Å². The van der Waals surface area contributed by atoms with Crippen molar-refractivity contribution in [1.82, 2.24) is 5.32 Å². The number of anilines is 1. The highest BCUT2D eigenvalue weighted by molar-refractivity contribution is 9.10. The molecule has 0 heterocycles. The molecule has 0 atom stereocenters. The number of aryl methyl sites for hydroxylation is 2. The van der Waals surface area contributed by atoms with E-state index in [9.17, 15) is 0 Å². The molecule has 21 heavy (non-hydrogen) atoms. The fourth-order valence-corrected chi connectivity index (χ4v) is 2.72. The molecule has 2 N–H and O–H groups in total. The summed E-state index contributed by atoms with van der Waals surface area (Å²) in [5.74, 6) is 0. The molecular formula is C17H19BrN2S. The van der Waals surface area contributed by atoms with Gasteiger partial charge in [-0.2, -0.15) is 0 Å². The predicted octanol–water partition coefficient (Wildman–Crippen LogP) is 4.68. The van der Waals surface area contributed by atoms with Crippen LogP contribution < -0.4 is 10.6 Å². The van der Waals surface area contributed by atoms with Gasteiger partial charge in [0.15, 0.2) is 5.11 Å². The van der Waals surface area contributed by atoms with E-state index in [4.69, 9.17) is 12.2 Å². The molecule has 0 saturated carbocycles. The lowest BCUT2D eigenvalue weighted by molar-refractivity contribution is 0.777. The number of halogens is 1. The van der Waals surface area contributed by atoms with Crippen molar-refractivity contribution in [2.75, 3.05) is 11.9 Å². The third kappa shape index (κ3) is 5.86. The standard InChI is InChI=1S/C17H19BrN2S/c1-13-5-2-6-14(11-13)7-4-10-19-17(21)20-16-9-3-8-15(18)12-16/h2-3,5-6,8-9,11-12H,4,7,10H2,1H3,(H2,19,20,21). The quantitative estimate of drug-likeness (QED) is 0.596. The maximum absolute atomic E-state index is 5.29. The number of hydrogen-bond acceptors (Lipinski definition) is 1. The average molecular weight is 363 g/mol. The minimum absolute atomic E-state index is 0.664. The summed E-state index contributed by atoms with van der Waals surface area (Å²) in [6.45, 7) is 2.99. The molecule has 0 aliphatic heterocycles. The summed E-state index contributed by atoms with van der Waals surface area (Å²) in [6, 6.07) is 16.6. The van der Waals surface area contributed by atoms with Gasteiger partial charge in [0.25, 0.3) is 0 Å². The highest BCUT2D eigenvalue weighted by Crippen LogP contribution is 2.15. The van der Waals surface area contributed by atoms with Crippen LogP contribution >= 0.6 is 28.1 Å². The highest BCUT2D eigenvalue weighted by atomic mass is 79.9. The molecule has 0 spiro atoms. The van der Waals surface area contributed by atoms with E-state index in [0.717, 1.165) is 29.5 Å². The SMILES string of the molecule is Cc1cccc(CCCNC(=S)Nc2cccc(Br)c2)c1. The minimum atomic E-state index is 0.664. The second-order valence-electron chi connectivity index (χ2n) is 4.98. The Balaban J connectivity index is 1.70. The topological polar surface area (TPSA) is 24.1 Å². The van der Waals surface area contributed by atoms with E-state index in [1.165, 1.54) is 11.1 Å². The molecule has 0 aromatic heterocycles. The van der Waals surface area contributed by atoms with Crippen molar-refractivity contribution in [3.8, 4) is 0 Å². The third-order valence-electron chi connectivity index (χ3n) is 3.09. The average Bonchev–Trinajstić information content (AvgIpc) is 2.44. The maximum atomic E-state index is 5.29. The zero-order valence-corrected chi connectivity index (χ0v) is 14.4. The fraction of sp³-hybridized carbons (Fsp3) is 0.235. The van der Waals surface area contributed by atoms with Crippen LogP contribution in [-0.4, -0.2) is 11.7 Å². The molecule has 0 radical (unpaired) electrons. The van der Waals surface area contributed by atoms with Gasteiger partial charge in [-0.1, -0.05) is 51.8 Å². The summed E-state index contributed by atoms with van der Waals surface area (Å²) in [5.41, 5.74) is 3.68. The molecule has 2 aromatic carbocycles. The normalized spacial score (nSPS) is 10.2. The molecule has 0 amide bonds. The predicted molar refractivity (Wildman–Crippen MR) is 97.9 cm³/mol. The second kappa shape index (κ2) is 8.15. The Kier molecular flexibility index (Phi) is 6.21. The monoisotopic (exact) mass is 362 g/mol. The van der Waals surface area contributed by atoms with Crippen LogP contribution in [0.25, 0.3) is 0 Å². The van der Waals surface area contributed by atoms with Crippen LogP contribution in [-0.2, 0) is 6.42 Å². The Hall–Kier alpha value is -1.39. The van der Waals surface area contributed by atoms with Crippen molar-refractivity contribution in [3.63, 3.8) is 0 Å². The van der Waals surface area contributed by atoms with E-state index in [0.29, 0.717) is 5.11 Å². The number of thiocarbonyl (C=S) groups is 1. The molecule has 2 rings (SSSR count). The first-order valence-corrected chi connectivity index (χ1v) is 8.19. The highest BCUT2D eigenvalue weighted by Gasteiger charge is 1.98. The van der Waals surface area contributed by atoms with Gasteiger partial charge in [0.05, 0.1) is 0 Å². The Morgan fingerprint density at radius 3 is 2.71 bits per heavy atom. The maximum Gasteiger partial charge on any atom is 0.170 e. The first kappa shape index (κ1) is 16.0. The van der Waals surface area contributed by atoms with Gasteiger partial charge in [-0.05, 0) is 55.7 Å².